The maximum absolute atomic E-state index is 5.47. The highest BCUT2D eigenvalue weighted by Crippen LogP contribution is 1.98. The summed E-state index contributed by atoms with van der Waals surface area (Å²) in [5.74, 6) is 0.817. The molecule has 1 aromatic rings. The van der Waals surface area contributed by atoms with Crippen LogP contribution in [0.1, 0.15) is 6.92 Å². The van der Waals surface area contributed by atoms with Crippen LogP contribution < -0.4 is 11.1 Å². The van der Waals surface area contributed by atoms with Crippen LogP contribution in [-0.4, -0.2) is 11.1 Å². The van der Waals surface area contributed by atoms with Crippen molar-refractivity contribution >= 4 is 5.82 Å². The van der Waals surface area contributed by atoms with Gasteiger partial charge in [0.05, 0.1) is 6.17 Å². The second-order valence-corrected chi connectivity index (χ2v) is 2.15. The predicted octanol–water partition coefficient (Wildman–Crippen LogP) is 0.798. The van der Waals surface area contributed by atoms with Gasteiger partial charge in [-0.3, -0.25) is 0 Å². The van der Waals surface area contributed by atoms with Crippen molar-refractivity contribution in [2.75, 3.05) is 5.32 Å². The Balaban J connectivity index is 2.59. The van der Waals surface area contributed by atoms with Gasteiger partial charge in [0, 0.05) is 6.20 Å². The van der Waals surface area contributed by atoms with Gasteiger partial charge in [0.25, 0.3) is 0 Å². The van der Waals surface area contributed by atoms with Crippen LogP contribution in [0.2, 0.25) is 0 Å². The first kappa shape index (κ1) is 7.02. The third-order valence-electron chi connectivity index (χ3n) is 1.04. The van der Waals surface area contributed by atoms with E-state index in [0.29, 0.717) is 0 Å². The first-order chi connectivity index (χ1) is 4.79. The molecule has 3 nitrogen and oxygen atoms in total. The fraction of sp³-hybridized carbons (Fsp3) is 0.286. The molecule has 0 saturated heterocycles. The molecule has 0 aliphatic carbocycles. The zero-order valence-electron chi connectivity index (χ0n) is 5.91. The van der Waals surface area contributed by atoms with Crippen LogP contribution in [-0.2, 0) is 0 Å². The third-order valence-corrected chi connectivity index (χ3v) is 1.04. The summed E-state index contributed by atoms with van der Waals surface area (Å²) in [6, 6.07) is 5.66. The van der Waals surface area contributed by atoms with Crippen LogP contribution in [0, 0.1) is 0 Å². The lowest BCUT2D eigenvalue weighted by Crippen LogP contribution is -2.25. The number of rotatable bonds is 2. The largest absolute Gasteiger partial charge is 0.355 e. The highest BCUT2D eigenvalue weighted by Gasteiger charge is 1.92. The van der Waals surface area contributed by atoms with Crippen LogP contribution in [0.25, 0.3) is 0 Å². The van der Waals surface area contributed by atoms with Gasteiger partial charge in [0.1, 0.15) is 5.82 Å². The molecule has 0 aromatic carbocycles. The van der Waals surface area contributed by atoms with Crippen molar-refractivity contribution in [1.29, 1.82) is 0 Å². The van der Waals surface area contributed by atoms with E-state index in [0.717, 1.165) is 5.82 Å². The molecule has 0 bridgehead atoms. The number of hydrogen-bond acceptors (Lipinski definition) is 3. The molecule has 0 spiro atoms. The molecule has 0 unspecified atom stereocenters. The molecule has 1 atom stereocenters. The summed E-state index contributed by atoms with van der Waals surface area (Å²) in [4.78, 5) is 4.03. The molecule has 54 valence electrons. The van der Waals surface area contributed by atoms with E-state index in [4.69, 9.17) is 5.73 Å². The number of nitrogens with zero attached hydrogens (tertiary/aromatic N) is 1. The molecule has 0 radical (unpaired) electrons. The summed E-state index contributed by atoms with van der Waals surface area (Å²) in [5.41, 5.74) is 5.47. The van der Waals surface area contributed by atoms with Gasteiger partial charge in [-0.1, -0.05) is 6.07 Å². The van der Waals surface area contributed by atoms with Crippen molar-refractivity contribution in [3.8, 4) is 0 Å². The van der Waals surface area contributed by atoms with E-state index < -0.39 is 0 Å². The fourth-order valence-corrected chi connectivity index (χ4v) is 0.681. The van der Waals surface area contributed by atoms with Crippen molar-refractivity contribution in [3.05, 3.63) is 24.4 Å². The molecule has 0 fully saturated rings. The lowest BCUT2D eigenvalue weighted by atomic mass is 10.4. The Labute approximate surface area is 60.3 Å². The van der Waals surface area contributed by atoms with E-state index in [-0.39, 0.29) is 6.17 Å². The lowest BCUT2D eigenvalue weighted by molar-refractivity contribution is 0.843. The number of nitrogens with one attached hydrogen (secondary N) is 1. The molecule has 0 aliphatic rings. The first-order valence-electron chi connectivity index (χ1n) is 3.22. The Kier molecular flexibility index (Phi) is 2.23. The van der Waals surface area contributed by atoms with Crippen LogP contribution in [0.15, 0.2) is 24.4 Å². The van der Waals surface area contributed by atoms with E-state index in [2.05, 4.69) is 10.3 Å². The molecule has 0 amide bonds. The van der Waals surface area contributed by atoms with Crippen molar-refractivity contribution in [3.63, 3.8) is 0 Å². The van der Waals surface area contributed by atoms with Crippen LogP contribution >= 0.6 is 0 Å². The van der Waals surface area contributed by atoms with Crippen LogP contribution in [0.5, 0.6) is 0 Å². The summed E-state index contributed by atoms with van der Waals surface area (Å²) in [6.45, 7) is 1.87. The van der Waals surface area contributed by atoms with Crippen molar-refractivity contribution in [2.24, 2.45) is 5.73 Å². The Morgan fingerprint density at radius 2 is 2.40 bits per heavy atom. The highest BCUT2D eigenvalue weighted by molar-refractivity contribution is 5.33. The Morgan fingerprint density at radius 3 is 2.90 bits per heavy atom. The summed E-state index contributed by atoms with van der Waals surface area (Å²) < 4.78 is 0. The average Bonchev–Trinajstić information content (AvgIpc) is 1.88. The Hall–Kier alpha value is -1.09. The molecular formula is C7H11N3. The van der Waals surface area contributed by atoms with Crippen LogP contribution in [0.3, 0.4) is 0 Å². The zero-order valence-corrected chi connectivity index (χ0v) is 5.91. The van der Waals surface area contributed by atoms with Crippen LogP contribution in [0.4, 0.5) is 5.82 Å². The maximum atomic E-state index is 5.47. The first-order valence-corrected chi connectivity index (χ1v) is 3.22. The van der Waals surface area contributed by atoms with Gasteiger partial charge in [-0.2, -0.15) is 0 Å². The van der Waals surface area contributed by atoms with Crippen molar-refractivity contribution < 1.29 is 0 Å². The minimum absolute atomic E-state index is 0.0464. The van der Waals surface area contributed by atoms with Gasteiger partial charge in [-0.15, -0.1) is 0 Å². The molecule has 1 heterocycles. The highest BCUT2D eigenvalue weighted by atomic mass is 15.1. The summed E-state index contributed by atoms with van der Waals surface area (Å²) in [6.07, 6.45) is 1.68. The third kappa shape index (κ3) is 2.03. The quantitative estimate of drug-likeness (QED) is 0.593. The van der Waals surface area contributed by atoms with Gasteiger partial charge in [0.15, 0.2) is 0 Å². The Morgan fingerprint density at radius 1 is 1.60 bits per heavy atom. The van der Waals surface area contributed by atoms with Gasteiger partial charge >= 0.3 is 0 Å². The van der Waals surface area contributed by atoms with E-state index in [1.54, 1.807) is 6.20 Å². The lowest BCUT2D eigenvalue weighted by Gasteiger charge is -2.07. The van der Waals surface area contributed by atoms with Crippen molar-refractivity contribution in [2.45, 2.75) is 13.1 Å². The maximum Gasteiger partial charge on any atom is 0.127 e. The smallest absolute Gasteiger partial charge is 0.127 e. The van der Waals surface area contributed by atoms with Gasteiger partial charge in [-0.05, 0) is 19.1 Å². The normalized spacial score (nSPS) is 12.6. The predicted molar refractivity (Wildman–Crippen MR) is 41.5 cm³/mol. The molecule has 0 aliphatic heterocycles. The average molecular weight is 137 g/mol. The number of aromatic nitrogens is 1. The summed E-state index contributed by atoms with van der Waals surface area (Å²) in [5, 5.41) is 2.97. The zero-order chi connectivity index (χ0) is 7.40. The van der Waals surface area contributed by atoms with E-state index in [1.165, 1.54) is 0 Å². The minimum Gasteiger partial charge on any atom is -0.355 e. The summed E-state index contributed by atoms with van der Waals surface area (Å²) >= 11 is 0. The van der Waals surface area contributed by atoms with E-state index in [9.17, 15) is 0 Å². The Bertz CT molecular complexity index is 183. The second kappa shape index (κ2) is 3.17. The molecule has 10 heavy (non-hydrogen) atoms. The molecule has 0 saturated carbocycles. The number of anilines is 1. The van der Waals surface area contributed by atoms with Gasteiger partial charge in [-0.25, -0.2) is 4.98 Å². The molecule has 3 N–H and O–H groups in total. The monoisotopic (exact) mass is 137 g/mol. The second-order valence-electron chi connectivity index (χ2n) is 2.15. The van der Waals surface area contributed by atoms with Crippen molar-refractivity contribution in [1.82, 2.24) is 4.98 Å². The molecular weight excluding hydrogens is 126 g/mol. The number of pyridine rings is 1. The molecule has 3 heteroatoms. The topological polar surface area (TPSA) is 50.9 Å². The standard InChI is InChI=1S/C7H11N3/c1-6(8)10-7-4-2-3-5-9-7/h2-6H,8H2,1H3,(H,9,10)/t6-/m0/s1. The molecule has 1 aromatic heterocycles. The number of nitrogens with two attached hydrogens (primary N) is 1. The SMILES string of the molecule is C[C@@H](N)Nc1ccccn1. The van der Waals surface area contributed by atoms with Gasteiger partial charge < -0.3 is 11.1 Å². The fourth-order valence-electron chi connectivity index (χ4n) is 0.681. The van der Waals surface area contributed by atoms with E-state index >= 15 is 0 Å². The van der Waals surface area contributed by atoms with E-state index in [1.807, 2.05) is 25.1 Å². The number of hydrogen-bond donors (Lipinski definition) is 2. The molecule has 1 rings (SSSR count). The minimum atomic E-state index is -0.0464. The van der Waals surface area contributed by atoms with Gasteiger partial charge in [0.2, 0.25) is 0 Å². The summed E-state index contributed by atoms with van der Waals surface area (Å²) in [7, 11) is 0.